The molecule has 0 unspecified atom stereocenters. The maximum Gasteiger partial charge on any atom is 0.270 e. The van der Waals surface area contributed by atoms with E-state index in [-0.39, 0.29) is 5.91 Å². The van der Waals surface area contributed by atoms with Crippen LogP contribution in [-0.4, -0.2) is 5.91 Å². The van der Waals surface area contributed by atoms with E-state index in [0.29, 0.717) is 0 Å². The lowest BCUT2D eigenvalue weighted by atomic mass is 10.1. The number of allylic oxidation sites excluding steroid dienone is 2. The molecule has 0 aromatic rings. The van der Waals surface area contributed by atoms with Gasteiger partial charge in [0.15, 0.2) is 0 Å². The molecule has 0 fully saturated rings. The van der Waals surface area contributed by atoms with E-state index in [1.807, 2.05) is 13.8 Å². The number of rotatable bonds is 0. The minimum absolute atomic E-state index is 0.210. The third-order valence-corrected chi connectivity index (χ3v) is 1.27. The largest absolute Gasteiger partial charge is 0.270 e. The van der Waals surface area contributed by atoms with Crippen molar-refractivity contribution >= 4 is 5.91 Å². The van der Waals surface area contributed by atoms with Crippen LogP contribution in [-0.2, 0) is 4.79 Å². The van der Waals surface area contributed by atoms with Crippen LogP contribution in [0.5, 0.6) is 0 Å². The Morgan fingerprint density at radius 2 is 2.22 bits per heavy atom. The highest BCUT2D eigenvalue weighted by atomic mass is 16.1. The van der Waals surface area contributed by atoms with Crippen molar-refractivity contribution in [1.82, 2.24) is 5.32 Å². The molecule has 9 heavy (non-hydrogen) atoms. The number of nitrogens with zero attached hydrogens (tertiary/aromatic N) is 1. The summed E-state index contributed by atoms with van der Waals surface area (Å²) >= 11 is 0. The van der Waals surface area contributed by atoms with Gasteiger partial charge in [-0.1, -0.05) is 0 Å². The summed E-state index contributed by atoms with van der Waals surface area (Å²) in [5.74, 6) is -0.210. The van der Waals surface area contributed by atoms with Gasteiger partial charge in [0.2, 0.25) is 0 Å². The molecule has 0 N–H and O–H groups in total. The Morgan fingerprint density at radius 3 is 2.67 bits per heavy atom. The van der Waals surface area contributed by atoms with Crippen molar-refractivity contribution in [1.29, 1.82) is 0 Å². The van der Waals surface area contributed by atoms with Gasteiger partial charge in [0.25, 0.3) is 5.91 Å². The molecule has 2 nitrogen and oxygen atoms in total. The standard InChI is InChI=1S/C7H7NO/c1-5-3-7(9)8-4-6(5)2/h3H,1-2H3. The first kappa shape index (κ1) is 6.08. The summed E-state index contributed by atoms with van der Waals surface area (Å²) in [6, 6.07) is 0. The zero-order valence-corrected chi connectivity index (χ0v) is 5.43. The maximum absolute atomic E-state index is 10.5. The molecular formula is C7H7NO. The Kier molecular flexibility index (Phi) is 1.39. The zero-order valence-electron chi connectivity index (χ0n) is 5.43. The molecule has 1 amide bonds. The van der Waals surface area contributed by atoms with Crippen LogP contribution in [0, 0.1) is 6.20 Å². The van der Waals surface area contributed by atoms with Crippen molar-refractivity contribution in [3.63, 3.8) is 0 Å². The van der Waals surface area contributed by atoms with Crippen molar-refractivity contribution in [2.45, 2.75) is 13.8 Å². The Bertz CT molecular complexity index is 201. The second kappa shape index (κ2) is 2.05. The van der Waals surface area contributed by atoms with Crippen LogP contribution < -0.4 is 5.32 Å². The lowest BCUT2D eigenvalue weighted by Gasteiger charge is -2.03. The number of hydrogen-bond donors (Lipinski definition) is 0. The van der Waals surface area contributed by atoms with E-state index in [1.165, 1.54) is 6.08 Å². The highest BCUT2D eigenvalue weighted by Gasteiger charge is 2.05. The SMILES string of the molecule is CC1=[C][N]C(=O)C=C1C. The van der Waals surface area contributed by atoms with E-state index in [0.717, 1.165) is 11.1 Å². The fourth-order valence-electron chi connectivity index (χ4n) is 0.553. The summed E-state index contributed by atoms with van der Waals surface area (Å²) in [5, 5.41) is 3.46. The van der Waals surface area contributed by atoms with Crippen LogP contribution >= 0.6 is 0 Å². The molecular weight excluding hydrogens is 114 g/mol. The van der Waals surface area contributed by atoms with Gasteiger partial charge in [0.1, 0.15) is 0 Å². The monoisotopic (exact) mass is 121 g/mol. The third kappa shape index (κ3) is 1.19. The maximum atomic E-state index is 10.5. The molecule has 1 aliphatic rings. The topological polar surface area (TPSA) is 31.2 Å². The molecule has 1 rings (SSSR count). The van der Waals surface area contributed by atoms with Crippen LogP contribution in [0.1, 0.15) is 13.8 Å². The van der Waals surface area contributed by atoms with E-state index in [1.54, 1.807) is 0 Å². The Hall–Kier alpha value is -1.05. The van der Waals surface area contributed by atoms with Crippen molar-refractivity contribution in [2.24, 2.45) is 0 Å². The summed E-state index contributed by atoms with van der Waals surface area (Å²) in [4.78, 5) is 10.5. The molecule has 0 spiro atoms. The second-order valence-corrected chi connectivity index (χ2v) is 2.01. The molecule has 0 atom stereocenters. The smallest absolute Gasteiger partial charge is 0.267 e. The van der Waals surface area contributed by atoms with Crippen molar-refractivity contribution in [3.05, 3.63) is 23.4 Å². The predicted octanol–water partition coefficient (Wildman–Crippen LogP) is 0.784. The predicted molar refractivity (Wildman–Crippen MR) is 33.3 cm³/mol. The lowest BCUT2D eigenvalue weighted by molar-refractivity contribution is -0.116. The average molecular weight is 121 g/mol. The summed E-state index contributed by atoms with van der Waals surface area (Å²) in [7, 11) is 0. The molecule has 2 radical (unpaired) electrons. The van der Waals surface area contributed by atoms with Gasteiger partial charge in [-0.15, -0.1) is 0 Å². The van der Waals surface area contributed by atoms with Gasteiger partial charge < -0.3 is 0 Å². The summed E-state index contributed by atoms with van der Waals surface area (Å²) in [6.07, 6.45) is 4.11. The van der Waals surface area contributed by atoms with Crippen LogP contribution in [0.25, 0.3) is 0 Å². The molecule has 0 aromatic carbocycles. The van der Waals surface area contributed by atoms with Gasteiger partial charge in [-0.2, -0.15) is 0 Å². The zero-order chi connectivity index (χ0) is 6.85. The number of carbonyl (C=O) groups is 1. The fourth-order valence-corrected chi connectivity index (χ4v) is 0.553. The van der Waals surface area contributed by atoms with Crippen LogP contribution in [0.2, 0.25) is 0 Å². The van der Waals surface area contributed by atoms with E-state index >= 15 is 0 Å². The summed E-state index contributed by atoms with van der Waals surface area (Å²) in [5.41, 5.74) is 1.89. The first-order chi connectivity index (χ1) is 4.20. The Morgan fingerprint density at radius 1 is 1.56 bits per heavy atom. The van der Waals surface area contributed by atoms with Crippen molar-refractivity contribution in [2.75, 3.05) is 0 Å². The Balaban J connectivity index is 2.87. The van der Waals surface area contributed by atoms with Gasteiger partial charge in [-0.05, 0) is 25.0 Å². The van der Waals surface area contributed by atoms with Crippen LogP contribution in [0.3, 0.4) is 0 Å². The van der Waals surface area contributed by atoms with Crippen LogP contribution in [0.15, 0.2) is 17.2 Å². The first-order valence-corrected chi connectivity index (χ1v) is 2.73. The molecule has 46 valence electrons. The highest BCUT2D eigenvalue weighted by molar-refractivity contribution is 5.90. The summed E-state index contributed by atoms with van der Waals surface area (Å²) in [6.45, 7) is 3.75. The highest BCUT2D eigenvalue weighted by Crippen LogP contribution is 2.09. The molecule has 0 saturated carbocycles. The molecule has 0 saturated heterocycles. The van der Waals surface area contributed by atoms with Crippen molar-refractivity contribution in [3.8, 4) is 0 Å². The van der Waals surface area contributed by atoms with Crippen LogP contribution in [0.4, 0.5) is 0 Å². The quantitative estimate of drug-likeness (QED) is 0.466. The van der Waals surface area contributed by atoms with Crippen molar-refractivity contribution < 1.29 is 4.79 Å². The number of carbonyl (C=O) groups excluding carboxylic acids is 1. The molecule has 1 aliphatic heterocycles. The van der Waals surface area contributed by atoms with Gasteiger partial charge in [-0.25, -0.2) is 5.32 Å². The third-order valence-electron chi connectivity index (χ3n) is 1.27. The second-order valence-electron chi connectivity index (χ2n) is 2.01. The summed E-state index contributed by atoms with van der Waals surface area (Å²) < 4.78 is 0. The van der Waals surface area contributed by atoms with Gasteiger partial charge >= 0.3 is 0 Å². The Labute approximate surface area is 54.3 Å². The van der Waals surface area contributed by atoms with E-state index in [2.05, 4.69) is 11.5 Å². The fraction of sp³-hybridized carbons (Fsp3) is 0.286. The number of hydrogen-bond acceptors (Lipinski definition) is 1. The van der Waals surface area contributed by atoms with Gasteiger partial charge in [0, 0.05) is 6.08 Å². The molecule has 1 heterocycles. The minimum atomic E-state index is -0.210. The van der Waals surface area contributed by atoms with Gasteiger partial charge in [0.05, 0.1) is 6.20 Å². The molecule has 2 heteroatoms. The lowest BCUT2D eigenvalue weighted by Crippen LogP contribution is -2.12. The normalized spacial score (nSPS) is 18.2. The molecule has 0 bridgehead atoms. The minimum Gasteiger partial charge on any atom is -0.267 e. The van der Waals surface area contributed by atoms with E-state index < -0.39 is 0 Å². The molecule has 0 aromatic heterocycles. The first-order valence-electron chi connectivity index (χ1n) is 2.73. The van der Waals surface area contributed by atoms with Gasteiger partial charge in [-0.3, -0.25) is 4.79 Å². The van der Waals surface area contributed by atoms with E-state index in [4.69, 9.17) is 0 Å². The number of amides is 1. The van der Waals surface area contributed by atoms with E-state index in [9.17, 15) is 4.79 Å². The molecule has 0 aliphatic carbocycles. The average Bonchev–Trinajstić information content (AvgIpc) is 1.80.